The van der Waals surface area contributed by atoms with Gasteiger partial charge in [-0.1, -0.05) is 0 Å². The van der Waals surface area contributed by atoms with E-state index in [0.29, 0.717) is 35.4 Å². The summed E-state index contributed by atoms with van der Waals surface area (Å²) in [5, 5.41) is 0. The van der Waals surface area contributed by atoms with E-state index >= 15 is 0 Å². The van der Waals surface area contributed by atoms with Crippen LogP contribution in [-0.4, -0.2) is 23.5 Å². The lowest BCUT2D eigenvalue weighted by molar-refractivity contribution is -0.119. The number of rotatable bonds is 2. The number of hydrogen-bond acceptors (Lipinski definition) is 5. The van der Waals surface area contributed by atoms with E-state index in [1.807, 2.05) is 4.90 Å². The van der Waals surface area contributed by atoms with Gasteiger partial charge in [0.1, 0.15) is 6.04 Å². The van der Waals surface area contributed by atoms with Gasteiger partial charge in [0.05, 0.1) is 16.9 Å². The average Bonchev–Trinajstić information content (AvgIpc) is 2.92. The number of nitrogens with two attached hydrogens (primary N) is 2. The second kappa shape index (κ2) is 4.04. The third-order valence-electron chi connectivity index (χ3n) is 3.46. The van der Waals surface area contributed by atoms with Crippen LogP contribution in [0.25, 0.3) is 11.1 Å². The lowest BCUT2D eigenvalue weighted by atomic mass is 10.1. The van der Waals surface area contributed by atoms with Crippen LogP contribution in [0.3, 0.4) is 0 Å². The fourth-order valence-electron chi connectivity index (χ4n) is 2.60. The number of carbonyl (C=O) groups is 1. The number of carbonyl (C=O) groups excluding carboxylic acids is 1. The zero-order chi connectivity index (χ0) is 13.6. The van der Waals surface area contributed by atoms with E-state index in [-0.39, 0.29) is 11.9 Å². The monoisotopic (exact) mass is 262 g/mol. The molecule has 1 aromatic heterocycles. The second-order valence-electron chi connectivity index (χ2n) is 4.68. The molecule has 0 saturated carbocycles. The summed E-state index contributed by atoms with van der Waals surface area (Å²) in [6.45, 7) is 0.714. The van der Waals surface area contributed by atoms with Gasteiger partial charge in [0.15, 0.2) is 5.58 Å². The number of primary amides is 1. The van der Waals surface area contributed by atoms with Crippen LogP contribution < -0.4 is 22.1 Å². The molecule has 1 amide bonds. The molecule has 0 aliphatic carbocycles. The van der Waals surface area contributed by atoms with Crippen LogP contribution in [0.5, 0.6) is 0 Å². The molecule has 3 rings (SSSR count). The number of fused-ring (bicyclic) bond motifs is 1. The highest BCUT2D eigenvalue weighted by Crippen LogP contribution is 2.33. The van der Waals surface area contributed by atoms with Crippen molar-refractivity contribution in [3.05, 3.63) is 22.7 Å². The zero-order valence-electron chi connectivity index (χ0n) is 10.2. The van der Waals surface area contributed by atoms with E-state index < -0.39 is 5.76 Å². The summed E-state index contributed by atoms with van der Waals surface area (Å²) in [4.78, 5) is 27.0. The Labute approximate surface area is 108 Å². The Bertz CT molecular complexity index is 703. The number of aromatic nitrogens is 1. The summed E-state index contributed by atoms with van der Waals surface area (Å²) in [5.74, 6) is -0.892. The van der Waals surface area contributed by atoms with Crippen molar-refractivity contribution in [2.24, 2.45) is 5.73 Å². The van der Waals surface area contributed by atoms with Gasteiger partial charge in [-0.3, -0.25) is 9.78 Å². The minimum absolute atomic E-state index is 0.349. The molecular weight excluding hydrogens is 248 g/mol. The minimum Gasteiger partial charge on any atom is -0.408 e. The predicted molar refractivity (Wildman–Crippen MR) is 70.8 cm³/mol. The number of aromatic amines is 1. The fourth-order valence-corrected chi connectivity index (χ4v) is 2.60. The Morgan fingerprint density at radius 3 is 3.00 bits per heavy atom. The topological polar surface area (TPSA) is 118 Å². The molecule has 1 saturated heterocycles. The molecule has 7 heteroatoms. The number of nitrogens with zero attached hydrogens (tertiary/aromatic N) is 1. The van der Waals surface area contributed by atoms with E-state index in [2.05, 4.69) is 4.98 Å². The van der Waals surface area contributed by atoms with Crippen LogP contribution in [0.1, 0.15) is 12.8 Å². The standard InChI is InChI=1S/C12H14N4O3/c13-6-4-10-7(15-12(18)19-10)5-9(6)16-3-1-2-8(16)11(14)17/h4-5,8H,1-3,13H2,(H2,14,17)(H,15,18). The van der Waals surface area contributed by atoms with Gasteiger partial charge in [0.25, 0.3) is 0 Å². The van der Waals surface area contributed by atoms with Crippen LogP contribution in [0.15, 0.2) is 21.3 Å². The molecule has 1 atom stereocenters. The van der Waals surface area contributed by atoms with Crippen molar-refractivity contribution in [1.29, 1.82) is 0 Å². The van der Waals surface area contributed by atoms with E-state index in [1.54, 1.807) is 12.1 Å². The molecular formula is C12H14N4O3. The van der Waals surface area contributed by atoms with Crippen molar-refractivity contribution in [2.75, 3.05) is 17.2 Å². The Kier molecular flexibility index (Phi) is 2.48. The van der Waals surface area contributed by atoms with Gasteiger partial charge in [-0.2, -0.15) is 0 Å². The van der Waals surface area contributed by atoms with Crippen molar-refractivity contribution in [1.82, 2.24) is 4.98 Å². The molecule has 1 fully saturated rings. The Balaban J connectivity index is 2.11. The van der Waals surface area contributed by atoms with Gasteiger partial charge in [-0.05, 0) is 18.9 Å². The highest BCUT2D eigenvalue weighted by atomic mass is 16.4. The molecule has 0 spiro atoms. The first-order valence-corrected chi connectivity index (χ1v) is 6.04. The molecule has 1 aliphatic rings. The lowest BCUT2D eigenvalue weighted by Crippen LogP contribution is -2.40. The second-order valence-corrected chi connectivity index (χ2v) is 4.68. The van der Waals surface area contributed by atoms with Gasteiger partial charge in [0.2, 0.25) is 5.91 Å². The van der Waals surface area contributed by atoms with Gasteiger partial charge in [-0.15, -0.1) is 0 Å². The maximum Gasteiger partial charge on any atom is 0.417 e. The van der Waals surface area contributed by atoms with Crippen LogP contribution in [0, 0.1) is 0 Å². The van der Waals surface area contributed by atoms with Crippen LogP contribution in [0.2, 0.25) is 0 Å². The number of H-pyrrole nitrogens is 1. The third kappa shape index (κ3) is 1.83. The summed E-state index contributed by atoms with van der Waals surface area (Å²) in [5.41, 5.74) is 13.5. The average molecular weight is 262 g/mol. The predicted octanol–water partition coefficient (Wildman–Crippen LogP) is 0.157. The number of benzene rings is 1. The Morgan fingerprint density at radius 2 is 2.26 bits per heavy atom. The number of nitrogen functional groups attached to an aromatic ring is 1. The fraction of sp³-hybridized carbons (Fsp3) is 0.333. The van der Waals surface area contributed by atoms with Crippen molar-refractivity contribution in [3.8, 4) is 0 Å². The number of amides is 1. The quantitative estimate of drug-likeness (QED) is 0.666. The number of anilines is 2. The molecule has 1 aliphatic heterocycles. The first-order valence-electron chi connectivity index (χ1n) is 6.04. The number of oxazole rings is 1. The van der Waals surface area contributed by atoms with E-state index in [4.69, 9.17) is 15.9 Å². The molecule has 0 bridgehead atoms. The SMILES string of the molecule is NC(=O)C1CCCN1c1cc2[nH]c(=O)oc2cc1N. The highest BCUT2D eigenvalue weighted by molar-refractivity contribution is 5.90. The first-order chi connectivity index (χ1) is 9.06. The summed E-state index contributed by atoms with van der Waals surface area (Å²) in [6, 6.07) is 2.95. The van der Waals surface area contributed by atoms with Gasteiger partial charge < -0.3 is 20.8 Å². The molecule has 5 N–H and O–H groups in total. The minimum atomic E-state index is -0.528. The van der Waals surface area contributed by atoms with Crippen LogP contribution in [0.4, 0.5) is 11.4 Å². The van der Waals surface area contributed by atoms with Crippen molar-refractivity contribution in [3.63, 3.8) is 0 Å². The number of hydrogen-bond donors (Lipinski definition) is 3. The van der Waals surface area contributed by atoms with Crippen molar-refractivity contribution in [2.45, 2.75) is 18.9 Å². The molecule has 2 aromatic rings. The lowest BCUT2D eigenvalue weighted by Gasteiger charge is -2.25. The highest BCUT2D eigenvalue weighted by Gasteiger charge is 2.30. The Morgan fingerprint density at radius 1 is 1.47 bits per heavy atom. The zero-order valence-corrected chi connectivity index (χ0v) is 10.2. The summed E-state index contributed by atoms with van der Waals surface area (Å²) >= 11 is 0. The smallest absolute Gasteiger partial charge is 0.408 e. The summed E-state index contributed by atoms with van der Waals surface area (Å²) < 4.78 is 4.94. The van der Waals surface area contributed by atoms with Crippen molar-refractivity contribution >= 4 is 28.4 Å². The van der Waals surface area contributed by atoms with Gasteiger partial charge >= 0.3 is 5.76 Å². The molecule has 19 heavy (non-hydrogen) atoms. The van der Waals surface area contributed by atoms with Gasteiger partial charge in [-0.25, -0.2) is 4.79 Å². The molecule has 7 nitrogen and oxygen atoms in total. The molecule has 100 valence electrons. The maximum atomic E-state index is 11.4. The number of nitrogens with one attached hydrogen (secondary N) is 1. The third-order valence-corrected chi connectivity index (χ3v) is 3.46. The normalized spacial score (nSPS) is 19.2. The maximum absolute atomic E-state index is 11.4. The van der Waals surface area contributed by atoms with Crippen LogP contribution >= 0.6 is 0 Å². The van der Waals surface area contributed by atoms with Crippen LogP contribution in [-0.2, 0) is 4.79 Å². The molecule has 0 radical (unpaired) electrons. The molecule has 1 aromatic carbocycles. The Hall–Kier alpha value is -2.44. The van der Waals surface area contributed by atoms with E-state index in [0.717, 1.165) is 6.42 Å². The molecule has 1 unspecified atom stereocenters. The van der Waals surface area contributed by atoms with E-state index in [1.165, 1.54) is 0 Å². The summed E-state index contributed by atoms with van der Waals surface area (Å²) in [7, 11) is 0. The first kappa shape index (κ1) is 11.6. The molecule has 2 heterocycles. The summed E-state index contributed by atoms with van der Waals surface area (Å²) in [6.07, 6.45) is 1.60. The van der Waals surface area contributed by atoms with Crippen molar-refractivity contribution < 1.29 is 9.21 Å². The van der Waals surface area contributed by atoms with Gasteiger partial charge in [0, 0.05) is 12.6 Å². The largest absolute Gasteiger partial charge is 0.417 e. The van der Waals surface area contributed by atoms with E-state index in [9.17, 15) is 9.59 Å².